The molecule has 2 unspecified atom stereocenters. The van der Waals surface area contributed by atoms with Gasteiger partial charge in [0.05, 0.1) is 6.04 Å². The quantitative estimate of drug-likeness (QED) is 0.804. The summed E-state index contributed by atoms with van der Waals surface area (Å²) in [6.07, 6.45) is 9.17. The molecule has 2 atom stereocenters. The SMILES string of the molecule is COC1(c2ccccc2)CCCCCC1n1cncn1. The predicted octanol–water partition coefficient (Wildman–Crippen LogP) is 3.33. The fourth-order valence-corrected chi connectivity index (χ4v) is 3.44. The zero-order chi connectivity index (χ0) is 13.8. The number of rotatable bonds is 3. The van der Waals surface area contributed by atoms with E-state index >= 15 is 0 Å². The molecule has 0 aliphatic heterocycles. The normalized spacial score (nSPS) is 27.1. The van der Waals surface area contributed by atoms with Crippen molar-refractivity contribution >= 4 is 0 Å². The average Bonchev–Trinajstić information content (AvgIpc) is 2.94. The van der Waals surface area contributed by atoms with Crippen LogP contribution in [0.15, 0.2) is 43.0 Å². The summed E-state index contributed by atoms with van der Waals surface area (Å²) in [6.45, 7) is 0. The van der Waals surface area contributed by atoms with Gasteiger partial charge in [-0.1, -0.05) is 49.6 Å². The van der Waals surface area contributed by atoms with Crippen LogP contribution >= 0.6 is 0 Å². The zero-order valence-corrected chi connectivity index (χ0v) is 11.9. The van der Waals surface area contributed by atoms with E-state index < -0.39 is 0 Å². The fourth-order valence-electron chi connectivity index (χ4n) is 3.44. The van der Waals surface area contributed by atoms with Crippen LogP contribution in [0.3, 0.4) is 0 Å². The largest absolute Gasteiger partial charge is 0.371 e. The van der Waals surface area contributed by atoms with Crippen LogP contribution in [-0.4, -0.2) is 21.9 Å². The van der Waals surface area contributed by atoms with Gasteiger partial charge in [-0.15, -0.1) is 0 Å². The van der Waals surface area contributed by atoms with Crippen LogP contribution in [-0.2, 0) is 10.3 Å². The highest BCUT2D eigenvalue weighted by Gasteiger charge is 2.42. The number of ether oxygens (including phenoxy) is 1. The van der Waals surface area contributed by atoms with Gasteiger partial charge in [0.25, 0.3) is 0 Å². The Balaban J connectivity index is 2.08. The molecule has 1 heterocycles. The van der Waals surface area contributed by atoms with E-state index in [1.54, 1.807) is 6.33 Å². The molecule has 0 saturated heterocycles. The Morgan fingerprint density at radius 1 is 1.20 bits per heavy atom. The molecule has 4 heteroatoms. The molecule has 3 rings (SSSR count). The van der Waals surface area contributed by atoms with Crippen LogP contribution in [0, 0.1) is 0 Å². The molecule has 0 bridgehead atoms. The van der Waals surface area contributed by atoms with Crippen molar-refractivity contribution in [3.05, 3.63) is 48.5 Å². The van der Waals surface area contributed by atoms with Crippen LogP contribution in [0.1, 0.15) is 43.7 Å². The lowest BCUT2D eigenvalue weighted by Crippen LogP contribution is -2.38. The van der Waals surface area contributed by atoms with E-state index in [4.69, 9.17) is 4.74 Å². The first kappa shape index (κ1) is 13.3. The lowest BCUT2D eigenvalue weighted by Gasteiger charge is -2.39. The first-order chi connectivity index (χ1) is 9.87. The molecule has 1 aromatic heterocycles. The summed E-state index contributed by atoms with van der Waals surface area (Å²) in [4.78, 5) is 4.12. The molecular weight excluding hydrogens is 250 g/mol. The van der Waals surface area contributed by atoms with Gasteiger partial charge in [0.2, 0.25) is 0 Å². The van der Waals surface area contributed by atoms with Crippen LogP contribution < -0.4 is 0 Å². The van der Waals surface area contributed by atoms with Crippen molar-refractivity contribution in [1.29, 1.82) is 0 Å². The number of aromatic nitrogens is 3. The van der Waals surface area contributed by atoms with Gasteiger partial charge in [0.15, 0.2) is 0 Å². The molecule has 0 radical (unpaired) electrons. The third-order valence-corrected chi connectivity index (χ3v) is 4.45. The summed E-state index contributed by atoms with van der Waals surface area (Å²) < 4.78 is 8.07. The molecule has 1 fully saturated rings. The molecule has 1 aliphatic rings. The van der Waals surface area contributed by atoms with Gasteiger partial charge in [-0.05, 0) is 18.4 Å². The highest BCUT2D eigenvalue weighted by Crippen LogP contribution is 2.45. The van der Waals surface area contributed by atoms with Gasteiger partial charge in [-0.2, -0.15) is 5.10 Å². The minimum absolute atomic E-state index is 0.208. The maximum atomic E-state index is 6.09. The number of methoxy groups -OCH3 is 1. The number of hydrogen-bond acceptors (Lipinski definition) is 3. The van der Waals surface area contributed by atoms with Gasteiger partial charge in [-0.25, -0.2) is 9.67 Å². The Hall–Kier alpha value is -1.68. The summed E-state index contributed by atoms with van der Waals surface area (Å²) in [7, 11) is 1.82. The van der Waals surface area contributed by atoms with Crippen molar-refractivity contribution in [1.82, 2.24) is 14.8 Å². The Bertz CT molecular complexity index is 526. The Labute approximate surface area is 119 Å². The standard InChI is InChI=1S/C16H21N3O/c1-20-16(14-8-4-2-5-9-14)11-7-3-6-10-15(16)19-13-17-12-18-19/h2,4-5,8-9,12-13,15H,3,6-7,10-11H2,1H3. The lowest BCUT2D eigenvalue weighted by atomic mass is 9.82. The molecule has 106 valence electrons. The highest BCUT2D eigenvalue weighted by atomic mass is 16.5. The molecule has 2 aromatic rings. The highest BCUT2D eigenvalue weighted by molar-refractivity contribution is 5.25. The summed E-state index contributed by atoms with van der Waals surface area (Å²) in [5.74, 6) is 0. The molecule has 1 aliphatic carbocycles. The van der Waals surface area contributed by atoms with Crippen molar-refractivity contribution in [3.63, 3.8) is 0 Å². The zero-order valence-electron chi connectivity index (χ0n) is 11.9. The van der Waals surface area contributed by atoms with E-state index in [-0.39, 0.29) is 11.6 Å². The van der Waals surface area contributed by atoms with Gasteiger partial charge in [0.1, 0.15) is 18.3 Å². The second-order valence-electron chi connectivity index (χ2n) is 5.45. The van der Waals surface area contributed by atoms with E-state index in [1.807, 2.05) is 24.2 Å². The number of hydrogen-bond donors (Lipinski definition) is 0. The molecule has 4 nitrogen and oxygen atoms in total. The van der Waals surface area contributed by atoms with E-state index in [1.165, 1.54) is 24.8 Å². The van der Waals surface area contributed by atoms with Gasteiger partial charge in [-0.3, -0.25) is 0 Å². The summed E-state index contributed by atoms with van der Waals surface area (Å²) in [5, 5.41) is 4.38. The van der Waals surface area contributed by atoms with Gasteiger partial charge < -0.3 is 4.74 Å². The molecule has 1 aromatic carbocycles. The lowest BCUT2D eigenvalue weighted by molar-refractivity contribution is -0.0678. The monoisotopic (exact) mass is 271 g/mol. The predicted molar refractivity (Wildman–Crippen MR) is 77.3 cm³/mol. The molecule has 20 heavy (non-hydrogen) atoms. The van der Waals surface area contributed by atoms with E-state index in [0.29, 0.717) is 0 Å². The van der Waals surface area contributed by atoms with E-state index in [9.17, 15) is 0 Å². The second-order valence-corrected chi connectivity index (χ2v) is 5.45. The third kappa shape index (κ3) is 2.24. The molecule has 1 saturated carbocycles. The van der Waals surface area contributed by atoms with Crippen LogP contribution in [0.4, 0.5) is 0 Å². The molecule has 0 N–H and O–H groups in total. The Kier molecular flexibility index (Phi) is 3.83. The minimum Gasteiger partial charge on any atom is -0.371 e. The van der Waals surface area contributed by atoms with Crippen molar-refractivity contribution in [2.24, 2.45) is 0 Å². The molecule has 0 spiro atoms. The maximum Gasteiger partial charge on any atom is 0.137 e. The van der Waals surface area contributed by atoms with Gasteiger partial charge >= 0.3 is 0 Å². The van der Waals surface area contributed by atoms with Gasteiger partial charge in [0, 0.05) is 7.11 Å². The van der Waals surface area contributed by atoms with Crippen molar-refractivity contribution < 1.29 is 4.74 Å². The Morgan fingerprint density at radius 2 is 2.05 bits per heavy atom. The summed E-state index contributed by atoms with van der Waals surface area (Å²) in [5.41, 5.74) is 0.941. The van der Waals surface area contributed by atoms with Crippen LogP contribution in [0.5, 0.6) is 0 Å². The number of nitrogens with zero attached hydrogens (tertiary/aromatic N) is 3. The number of benzene rings is 1. The van der Waals surface area contributed by atoms with Crippen molar-refractivity contribution in [2.75, 3.05) is 7.11 Å². The van der Waals surface area contributed by atoms with E-state index in [2.05, 4.69) is 34.3 Å². The minimum atomic E-state index is -0.300. The van der Waals surface area contributed by atoms with Crippen molar-refractivity contribution in [2.45, 2.75) is 43.7 Å². The molecule has 0 amide bonds. The topological polar surface area (TPSA) is 39.9 Å². The molecular formula is C16H21N3O. The van der Waals surface area contributed by atoms with Crippen molar-refractivity contribution in [3.8, 4) is 0 Å². The van der Waals surface area contributed by atoms with Crippen LogP contribution in [0.25, 0.3) is 0 Å². The smallest absolute Gasteiger partial charge is 0.137 e. The first-order valence-electron chi connectivity index (χ1n) is 7.31. The average molecular weight is 271 g/mol. The summed E-state index contributed by atoms with van der Waals surface area (Å²) in [6, 6.07) is 10.8. The second kappa shape index (κ2) is 5.75. The van der Waals surface area contributed by atoms with Crippen LogP contribution in [0.2, 0.25) is 0 Å². The Morgan fingerprint density at radius 3 is 2.75 bits per heavy atom. The van der Waals surface area contributed by atoms with E-state index in [0.717, 1.165) is 12.8 Å². The maximum absolute atomic E-state index is 6.09. The first-order valence-corrected chi connectivity index (χ1v) is 7.31. The fraction of sp³-hybridized carbons (Fsp3) is 0.500. The third-order valence-electron chi connectivity index (χ3n) is 4.45. The summed E-state index contributed by atoms with van der Waals surface area (Å²) >= 11 is 0.